The Bertz CT molecular complexity index is 1420. The van der Waals surface area contributed by atoms with Gasteiger partial charge in [0.2, 0.25) is 5.69 Å². The minimum atomic E-state index is -0.572. The van der Waals surface area contributed by atoms with Gasteiger partial charge < -0.3 is 10.6 Å². The van der Waals surface area contributed by atoms with Gasteiger partial charge in [0.05, 0.1) is 17.0 Å². The second-order valence-electron chi connectivity index (χ2n) is 8.36. The van der Waals surface area contributed by atoms with Crippen LogP contribution in [0.5, 0.6) is 0 Å². The largest absolute Gasteiger partial charge is 0.336 e. The number of fused-ring (bicyclic) bond motifs is 1. The van der Waals surface area contributed by atoms with E-state index in [-0.39, 0.29) is 17.6 Å². The van der Waals surface area contributed by atoms with Crippen molar-refractivity contribution < 1.29 is 9.18 Å². The molecule has 5 rings (SSSR count). The lowest BCUT2D eigenvalue weighted by Crippen LogP contribution is -2.45. The molecule has 0 saturated carbocycles. The van der Waals surface area contributed by atoms with E-state index in [1.807, 2.05) is 37.5 Å². The molecule has 33 heavy (non-hydrogen) atoms. The number of amides is 1. The van der Waals surface area contributed by atoms with Crippen LogP contribution in [-0.2, 0) is 7.05 Å². The number of aryl methyl sites for hydroxylation is 1. The normalized spacial score (nSPS) is 16.2. The van der Waals surface area contributed by atoms with Crippen LogP contribution >= 0.6 is 11.3 Å². The zero-order valence-electron chi connectivity index (χ0n) is 18.1. The molecular weight excluding hydrogens is 437 g/mol. The zero-order valence-corrected chi connectivity index (χ0v) is 18.9. The first-order chi connectivity index (χ1) is 15.9. The van der Waals surface area contributed by atoms with Crippen molar-refractivity contribution in [2.45, 2.75) is 18.9 Å². The molecule has 1 atom stereocenters. The summed E-state index contributed by atoms with van der Waals surface area (Å²) in [6.07, 6.45) is 3.75. The lowest BCUT2D eigenvalue weighted by atomic mass is 10.0. The third kappa shape index (κ3) is 4.01. The van der Waals surface area contributed by atoms with Gasteiger partial charge in [0.15, 0.2) is 0 Å². The van der Waals surface area contributed by atoms with Gasteiger partial charge in [0.1, 0.15) is 5.82 Å². The standard InChI is InChI=1S/C25H22FN5OS/c1-28-22-8-5-15(11-20(22)26)19-12-23(25(32)31-9-3-4-18(27)14-31)33-24(19)16-6-7-21-17(10-16)13-30(2)29-21/h5-8,10-13,18H,3-4,9,14,27H2,2H3/t18-/m1/s1. The first-order valence-electron chi connectivity index (χ1n) is 10.7. The molecule has 3 heterocycles. The van der Waals surface area contributed by atoms with Gasteiger partial charge in [-0.25, -0.2) is 9.24 Å². The monoisotopic (exact) mass is 459 g/mol. The van der Waals surface area contributed by atoms with Crippen molar-refractivity contribution in [1.82, 2.24) is 14.7 Å². The molecule has 4 aromatic rings. The van der Waals surface area contributed by atoms with E-state index in [0.29, 0.717) is 23.5 Å². The van der Waals surface area contributed by atoms with E-state index in [9.17, 15) is 9.18 Å². The fourth-order valence-electron chi connectivity index (χ4n) is 4.33. The van der Waals surface area contributed by atoms with Crippen LogP contribution in [-0.4, -0.2) is 39.7 Å². The molecule has 1 aliphatic rings. The molecule has 2 aromatic heterocycles. The Balaban J connectivity index is 1.63. The maximum atomic E-state index is 14.5. The number of thiophene rings is 1. The summed E-state index contributed by atoms with van der Waals surface area (Å²) in [4.78, 5) is 19.8. The average Bonchev–Trinajstić information content (AvgIpc) is 3.41. The number of hydrogen-bond donors (Lipinski definition) is 1. The van der Waals surface area contributed by atoms with E-state index in [1.165, 1.54) is 23.5 Å². The number of carbonyl (C=O) groups excluding carboxylic acids is 1. The Kier molecular flexibility index (Phi) is 5.44. The van der Waals surface area contributed by atoms with Crippen LogP contribution in [0.25, 0.3) is 37.3 Å². The molecule has 1 fully saturated rings. The van der Waals surface area contributed by atoms with E-state index in [0.717, 1.165) is 39.7 Å². The van der Waals surface area contributed by atoms with E-state index in [1.54, 1.807) is 15.6 Å². The Morgan fingerprint density at radius 3 is 2.82 bits per heavy atom. The van der Waals surface area contributed by atoms with Crippen molar-refractivity contribution in [3.8, 4) is 21.6 Å². The van der Waals surface area contributed by atoms with Crippen molar-refractivity contribution in [3.05, 3.63) is 70.8 Å². The molecule has 1 aliphatic heterocycles. The van der Waals surface area contributed by atoms with Crippen molar-refractivity contribution in [2.75, 3.05) is 13.1 Å². The lowest BCUT2D eigenvalue weighted by Gasteiger charge is -2.30. The predicted octanol–water partition coefficient (Wildman–Crippen LogP) is 5.22. The molecule has 1 saturated heterocycles. The highest BCUT2D eigenvalue weighted by molar-refractivity contribution is 7.18. The van der Waals surface area contributed by atoms with Gasteiger partial charge >= 0.3 is 0 Å². The number of likely N-dealkylation sites (tertiary alicyclic amines) is 1. The summed E-state index contributed by atoms with van der Waals surface area (Å²) in [6.45, 7) is 8.35. The smallest absolute Gasteiger partial charge is 0.264 e. The molecule has 1 amide bonds. The Labute approximate surface area is 194 Å². The molecule has 6 nitrogen and oxygen atoms in total. The molecule has 166 valence electrons. The van der Waals surface area contributed by atoms with Crippen LogP contribution in [0.2, 0.25) is 0 Å². The summed E-state index contributed by atoms with van der Waals surface area (Å²) in [7, 11) is 1.87. The molecule has 0 radical (unpaired) electrons. The van der Waals surface area contributed by atoms with Crippen molar-refractivity contribution in [2.24, 2.45) is 12.8 Å². The fraction of sp³-hybridized carbons (Fsp3) is 0.240. The number of carbonyl (C=O) groups is 1. The molecule has 2 N–H and O–H groups in total. The molecule has 0 unspecified atom stereocenters. The third-order valence-electron chi connectivity index (χ3n) is 5.95. The molecule has 0 bridgehead atoms. The highest BCUT2D eigenvalue weighted by Gasteiger charge is 2.26. The van der Waals surface area contributed by atoms with Crippen LogP contribution < -0.4 is 5.73 Å². The molecule has 0 spiro atoms. The van der Waals surface area contributed by atoms with Gasteiger partial charge in [-0.15, -0.1) is 11.3 Å². The summed E-state index contributed by atoms with van der Waals surface area (Å²) in [6, 6.07) is 12.4. The number of piperidine rings is 1. The van der Waals surface area contributed by atoms with Crippen molar-refractivity contribution >= 4 is 33.8 Å². The van der Waals surface area contributed by atoms with Crippen LogP contribution in [0.15, 0.2) is 48.7 Å². The van der Waals surface area contributed by atoms with Gasteiger partial charge in [0, 0.05) is 48.2 Å². The number of rotatable bonds is 3. The second-order valence-corrected chi connectivity index (χ2v) is 9.41. The number of aromatic nitrogens is 2. The lowest BCUT2D eigenvalue weighted by molar-refractivity contribution is 0.0714. The fourth-order valence-corrected chi connectivity index (χ4v) is 5.48. The topological polar surface area (TPSA) is 68.5 Å². The van der Waals surface area contributed by atoms with Crippen LogP contribution in [0.1, 0.15) is 22.5 Å². The van der Waals surface area contributed by atoms with Gasteiger partial charge in [-0.1, -0.05) is 18.2 Å². The van der Waals surface area contributed by atoms with E-state index in [4.69, 9.17) is 12.3 Å². The third-order valence-corrected chi connectivity index (χ3v) is 7.12. The highest BCUT2D eigenvalue weighted by Crippen LogP contribution is 2.41. The van der Waals surface area contributed by atoms with Crippen LogP contribution in [0, 0.1) is 12.4 Å². The average molecular weight is 460 g/mol. The molecule has 2 aromatic carbocycles. The zero-order chi connectivity index (χ0) is 23.1. The highest BCUT2D eigenvalue weighted by atomic mass is 32.1. The maximum absolute atomic E-state index is 14.5. The predicted molar refractivity (Wildman–Crippen MR) is 129 cm³/mol. The van der Waals surface area contributed by atoms with Gasteiger partial charge in [-0.2, -0.15) is 5.10 Å². The number of hydrogen-bond acceptors (Lipinski definition) is 4. The minimum absolute atomic E-state index is 0.00940. The number of halogens is 1. The van der Waals surface area contributed by atoms with E-state index in [2.05, 4.69) is 9.94 Å². The van der Waals surface area contributed by atoms with Crippen molar-refractivity contribution in [1.29, 1.82) is 0 Å². The summed E-state index contributed by atoms with van der Waals surface area (Å²) in [5, 5.41) is 5.42. The SMILES string of the molecule is [C-]#[N+]c1ccc(-c2cc(C(=O)N3CCC[C@@H](N)C3)sc2-c2ccc3nn(C)cc3c2)cc1F. The summed E-state index contributed by atoms with van der Waals surface area (Å²) in [5.41, 5.74) is 9.28. The molecular formula is C25H22FN5OS. The number of nitrogens with two attached hydrogens (primary N) is 1. The van der Waals surface area contributed by atoms with Crippen LogP contribution in [0.4, 0.5) is 10.1 Å². The Morgan fingerprint density at radius 2 is 2.06 bits per heavy atom. The first-order valence-corrected chi connectivity index (χ1v) is 11.5. The number of nitrogens with zero attached hydrogens (tertiary/aromatic N) is 4. The molecule has 0 aliphatic carbocycles. The summed E-state index contributed by atoms with van der Waals surface area (Å²) >= 11 is 1.40. The first kappa shape index (κ1) is 21.3. The summed E-state index contributed by atoms with van der Waals surface area (Å²) < 4.78 is 16.2. The van der Waals surface area contributed by atoms with Gasteiger partial charge in [-0.3, -0.25) is 9.48 Å². The van der Waals surface area contributed by atoms with E-state index >= 15 is 0 Å². The Hall–Kier alpha value is -3.54. The molecule has 8 heteroatoms. The van der Waals surface area contributed by atoms with E-state index < -0.39 is 5.82 Å². The minimum Gasteiger partial charge on any atom is -0.336 e. The van der Waals surface area contributed by atoms with Crippen LogP contribution in [0.3, 0.4) is 0 Å². The number of benzene rings is 2. The maximum Gasteiger partial charge on any atom is 0.264 e. The second kappa shape index (κ2) is 8.43. The summed E-state index contributed by atoms with van der Waals surface area (Å²) in [5.74, 6) is -0.624. The quantitative estimate of drug-likeness (QED) is 0.427. The van der Waals surface area contributed by atoms with Crippen molar-refractivity contribution in [3.63, 3.8) is 0 Å². The van der Waals surface area contributed by atoms with Gasteiger partial charge in [0.25, 0.3) is 5.91 Å². The van der Waals surface area contributed by atoms with Gasteiger partial charge in [-0.05, 0) is 48.2 Å². The Morgan fingerprint density at radius 1 is 1.24 bits per heavy atom.